The maximum atomic E-state index is 12.3. The lowest BCUT2D eigenvalue weighted by atomic mass is 10.1. The van der Waals surface area contributed by atoms with E-state index in [1.165, 1.54) is 11.3 Å². The zero-order valence-electron chi connectivity index (χ0n) is 14.3. The fraction of sp³-hybridized carbons (Fsp3) is 0.562. The van der Waals surface area contributed by atoms with Crippen LogP contribution >= 0.6 is 11.3 Å². The maximum absolute atomic E-state index is 12.3. The predicted octanol–water partition coefficient (Wildman–Crippen LogP) is -0.251. The van der Waals surface area contributed by atoms with Crippen molar-refractivity contribution in [2.45, 2.75) is 27.2 Å². The molecule has 24 heavy (non-hydrogen) atoms. The predicted molar refractivity (Wildman–Crippen MR) is 91.6 cm³/mol. The van der Waals surface area contributed by atoms with E-state index in [1.807, 2.05) is 13.8 Å². The van der Waals surface area contributed by atoms with Gasteiger partial charge in [0.2, 0.25) is 0 Å². The molecule has 8 heteroatoms. The number of piperazine rings is 1. The number of ether oxygens (including phenoxy) is 1. The number of amides is 2. The molecule has 0 aromatic carbocycles. The van der Waals surface area contributed by atoms with E-state index >= 15 is 0 Å². The first-order valence-electron chi connectivity index (χ1n) is 8.15. The van der Waals surface area contributed by atoms with Crippen molar-refractivity contribution in [1.82, 2.24) is 5.32 Å². The molecular weight excluding hydrogens is 330 g/mol. The minimum absolute atomic E-state index is 0.0449. The van der Waals surface area contributed by atoms with Gasteiger partial charge in [-0.1, -0.05) is 6.92 Å². The van der Waals surface area contributed by atoms with Gasteiger partial charge in [-0.15, -0.1) is 11.3 Å². The summed E-state index contributed by atoms with van der Waals surface area (Å²) in [5.41, 5.74) is 1.38. The Bertz CT molecular complexity index is 642. The zero-order valence-corrected chi connectivity index (χ0v) is 15.1. The van der Waals surface area contributed by atoms with Gasteiger partial charge in [-0.25, -0.2) is 4.79 Å². The second kappa shape index (κ2) is 8.25. The van der Waals surface area contributed by atoms with Crippen LogP contribution in [0.4, 0.5) is 5.00 Å². The lowest BCUT2D eigenvalue weighted by molar-refractivity contribution is -0.885. The Morgan fingerprint density at radius 3 is 2.75 bits per heavy atom. The van der Waals surface area contributed by atoms with Gasteiger partial charge in [0, 0.05) is 4.88 Å². The van der Waals surface area contributed by atoms with Crippen LogP contribution in [0.15, 0.2) is 0 Å². The van der Waals surface area contributed by atoms with Gasteiger partial charge in [0.25, 0.3) is 11.8 Å². The quantitative estimate of drug-likeness (QED) is 0.615. The standard InChI is InChI=1S/C16H23N3O4S/c1-4-11-10(3)24-15(14(11)16(22)23-5-2)18-13(21)9-19-7-6-17-12(20)8-19/h4-9H2,1-3H3,(H,17,20)(H,18,21)/p+1. The van der Waals surface area contributed by atoms with Crippen molar-refractivity contribution in [3.8, 4) is 0 Å². The Kier molecular flexibility index (Phi) is 6.33. The third-order valence-electron chi connectivity index (χ3n) is 3.92. The molecule has 1 aromatic rings. The number of carbonyl (C=O) groups excluding carboxylic acids is 3. The first kappa shape index (κ1) is 18.4. The molecule has 1 aliphatic rings. The first-order chi connectivity index (χ1) is 11.5. The van der Waals surface area contributed by atoms with Gasteiger partial charge in [-0.2, -0.15) is 0 Å². The van der Waals surface area contributed by atoms with Crippen LogP contribution in [0.1, 0.15) is 34.6 Å². The average Bonchev–Trinajstić information content (AvgIpc) is 2.82. The third-order valence-corrected chi connectivity index (χ3v) is 4.98. The average molecular weight is 354 g/mol. The molecule has 132 valence electrons. The van der Waals surface area contributed by atoms with Crippen LogP contribution in [0.2, 0.25) is 0 Å². The van der Waals surface area contributed by atoms with E-state index in [1.54, 1.807) is 6.92 Å². The van der Waals surface area contributed by atoms with Crippen molar-refractivity contribution in [2.24, 2.45) is 0 Å². The van der Waals surface area contributed by atoms with Crippen molar-refractivity contribution < 1.29 is 24.0 Å². The summed E-state index contributed by atoms with van der Waals surface area (Å²) in [6.45, 7) is 7.74. The van der Waals surface area contributed by atoms with Crippen LogP contribution in [-0.2, 0) is 20.7 Å². The Hall–Kier alpha value is -1.93. The van der Waals surface area contributed by atoms with Crippen molar-refractivity contribution in [2.75, 3.05) is 38.1 Å². The number of aryl methyl sites for hydroxylation is 1. The summed E-state index contributed by atoms with van der Waals surface area (Å²) in [6.07, 6.45) is 0.698. The highest BCUT2D eigenvalue weighted by atomic mass is 32.1. The van der Waals surface area contributed by atoms with E-state index < -0.39 is 5.97 Å². The normalized spacial score (nSPS) is 17.3. The number of hydrogen-bond acceptors (Lipinski definition) is 5. The van der Waals surface area contributed by atoms with Crippen molar-refractivity contribution in [1.29, 1.82) is 0 Å². The molecule has 0 aliphatic carbocycles. The van der Waals surface area contributed by atoms with Crippen molar-refractivity contribution in [3.63, 3.8) is 0 Å². The molecule has 1 atom stereocenters. The van der Waals surface area contributed by atoms with Gasteiger partial charge in [-0.3, -0.25) is 9.59 Å². The van der Waals surface area contributed by atoms with E-state index in [0.717, 1.165) is 15.3 Å². The van der Waals surface area contributed by atoms with Gasteiger partial charge in [-0.05, 0) is 25.8 Å². The van der Waals surface area contributed by atoms with Crippen molar-refractivity contribution in [3.05, 3.63) is 16.0 Å². The number of hydrogen-bond donors (Lipinski definition) is 3. The first-order valence-corrected chi connectivity index (χ1v) is 8.97. The maximum Gasteiger partial charge on any atom is 0.341 e. The summed E-state index contributed by atoms with van der Waals surface area (Å²) in [4.78, 5) is 37.9. The Morgan fingerprint density at radius 1 is 1.38 bits per heavy atom. The second-order valence-electron chi connectivity index (χ2n) is 5.67. The largest absolute Gasteiger partial charge is 0.462 e. The number of anilines is 1. The fourth-order valence-electron chi connectivity index (χ4n) is 2.82. The van der Waals surface area contributed by atoms with Gasteiger partial charge in [0.1, 0.15) is 5.00 Å². The number of carbonyl (C=O) groups is 3. The number of thiophene rings is 1. The van der Waals surface area contributed by atoms with Crippen LogP contribution in [-0.4, -0.2) is 50.6 Å². The van der Waals surface area contributed by atoms with E-state index in [2.05, 4.69) is 10.6 Å². The lowest BCUT2D eigenvalue weighted by Gasteiger charge is -2.22. The molecule has 0 spiro atoms. The molecule has 3 N–H and O–H groups in total. The second-order valence-corrected chi connectivity index (χ2v) is 6.89. The molecule has 1 aromatic heterocycles. The summed E-state index contributed by atoms with van der Waals surface area (Å²) in [7, 11) is 0. The molecular formula is C16H24N3O4S+. The number of nitrogens with one attached hydrogen (secondary N) is 3. The van der Waals surface area contributed by atoms with Gasteiger partial charge in [0.15, 0.2) is 13.1 Å². The van der Waals surface area contributed by atoms with Crippen LogP contribution in [0.3, 0.4) is 0 Å². The summed E-state index contributed by atoms with van der Waals surface area (Å²) < 4.78 is 5.13. The fourth-order valence-corrected chi connectivity index (χ4v) is 3.97. The molecule has 1 aliphatic heterocycles. The van der Waals surface area contributed by atoms with Crippen LogP contribution in [0, 0.1) is 6.92 Å². The number of quaternary nitrogens is 1. The molecule has 0 saturated carbocycles. The molecule has 1 unspecified atom stereocenters. The number of esters is 1. The van der Waals surface area contributed by atoms with Gasteiger partial charge in [0.05, 0.1) is 25.3 Å². The highest BCUT2D eigenvalue weighted by Crippen LogP contribution is 2.33. The van der Waals surface area contributed by atoms with Crippen LogP contribution < -0.4 is 15.5 Å². The van der Waals surface area contributed by atoms with E-state index in [0.29, 0.717) is 36.6 Å². The minimum atomic E-state index is -0.404. The molecule has 1 fully saturated rings. The molecule has 0 bridgehead atoms. The molecule has 1 saturated heterocycles. The number of rotatable bonds is 6. The molecule has 2 amide bonds. The van der Waals surface area contributed by atoms with Crippen molar-refractivity contribution >= 4 is 34.1 Å². The minimum Gasteiger partial charge on any atom is -0.462 e. The van der Waals surface area contributed by atoms with Crippen LogP contribution in [0.5, 0.6) is 0 Å². The summed E-state index contributed by atoms with van der Waals surface area (Å²) >= 11 is 1.39. The molecule has 7 nitrogen and oxygen atoms in total. The Labute approximate surface area is 145 Å². The Balaban J connectivity index is 2.12. The van der Waals surface area contributed by atoms with E-state index in [9.17, 15) is 14.4 Å². The lowest BCUT2D eigenvalue weighted by Crippen LogP contribution is -3.16. The zero-order chi connectivity index (χ0) is 17.7. The Morgan fingerprint density at radius 2 is 2.12 bits per heavy atom. The monoisotopic (exact) mass is 354 g/mol. The molecule has 0 radical (unpaired) electrons. The highest BCUT2D eigenvalue weighted by molar-refractivity contribution is 7.16. The van der Waals surface area contributed by atoms with E-state index in [4.69, 9.17) is 4.74 Å². The van der Waals surface area contributed by atoms with Gasteiger partial charge < -0.3 is 20.3 Å². The topological polar surface area (TPSA) is 88.9 Å². The summed E-state index contributed by atoms with van der Waals surface area (Å²) in [6, 6.07) is 0. The molecule has 2 heterocycles. The van der Waals surface area contributed by atoms with Crippen LogP contribution in [0.25, 0.3) is 0 Å². The SMILES string of the molecule is CCOC(=O)c1c(NC(=O)C[NH+]2CCNC(=O)C2)sc(C)c1CC. The summed E-state index contributed by atoms with van der Waals surface area (Å²) in [5, 5.41) is 6.11. The highest BCUT2D eigenvalue weighted by Gasteiger charge is 2.26. The van der Waals surface area contributed by atoms with Gasteiger partial charge >= 0.3 is 5.97 Å². The summed E-state index contributed by atoms with van der Waals surface area (Å²) in [5.74, 6) is -0.649. The van der Waals surface area contributed by atoms with E-state index in [-0.39, 0.29) is 25.0 Å². The smallest absolute Gasteiger partial charge is 0.341 e. The third kappa shape index (κ3) is 4.33. The molecule has 2 rings (SSSR count).